The Hall–Kier alpha value is -1.66. The molecule has 1 atom stereocenters. The number of carboxylic acid groups (broad SMARTS) is 1. The number of aliphatic hydroxyl groups is 1. The van der Waals surface area contributed by atoms with Gasteiger partial charge in [-0.3, -0.25) is 10.1 Å². The van der Waals surface area contributed by atoms with Crippen LogP contribution in [0, 0.1) is 10.1 Å². The van der Waals surface area contributed by atoms with Crippen LogP contribution in [0.5, 0.6) is 0 Å². The lowest BCUT2D eigenvalue weighted by Crippen LogP contribution is -2.13. The molecule has 0 spiro atoms. The lowest BCUT2D eigenvalue weighted by atomic mass is 9.98. The summed E-state index contributed by atoms with van der Waals surface area (Å²) in [4.78, 5) is 20.8. The molecule has 0 aliphatic heterocycles. The highest BCUT2D eigenvalue weighted by Crippen LogP contribution is 2.24. The molecule has 0 radical (unpaired) electrons. The fourth-order valence-electron chi connectivity index (χ4n) is 1.58. The number of hydrogen-bond acceptors (Lipinski definition) is 4. The Morgan fingerprint density at radius 1 is 1.50 bits per heavy atom. The molecular weight excluding hydrogens is 262 g/mol. The summed E-state index contributed by atoms with van der Waals surface area (Å²) in [5.41, 5.74) is 0.457. The van der Waals surface area contributed by atoms with Gasteiger partial charge in [-0.1, -0.05) is 0 Å². The number of aryl methyl sites for hydroxylation is 1. The van der Waals surface area contributed by atoms with Gasteiger partial charge in [0, 0.05) is 18.0 Å². The number of aliphatic carboxylic acids is 1. The molecule has 1 aromatic rings. The van der Waals surface area contributed by atoms with E-state index in [1.807, 2.05) is 0 Å². The molecule has 2 N–H and O–H groups in total. The maximum Gasteiger partial charge on any atom is 0.337 e. The van der Waals surface area contributed by atoms with E-state index >= 15 is 0 Å². The average molecular weight is 274 g/mol. The second-order valence-electron chi connectivity index (χ2n) is 3.67. The van der Waals surface area contributed by atoms with Gasteiger partial charge in [-0.2, -0.15) is 0 Å². The smallest absolute Gasteiger partial charge is 0.337 e. The van der Waals surface area contributed by atoms with Crippen LogP contribution in [0.2, 0.25) is 0 Å². The minimum absolute atomic E-state index is 0.138. The summed E-state index contributed by atoms with van der Waals surface area (Å²) in [7, 11) is 0. The predicted octanol–water partition coefficient (Wildman–Crippen LogP) is 1.88. The van der Waals surface area contributed by atoms with Crippen LogP contribution in [0.15, 0.2) is 18.2 Å². The minimum atomic E-state index is -1.68. The highest BCUT2D eigenvalue weighted by Gasteiger charge is 2.21. The zero-order valence-corrected chi connectivity index (χ0v) is 10.1. The first-order valence-electron chi connectivity index (χ1n) is 5.21. The molecular formula is C11H12ClNO5. The van der Waals surface area contributed by atoms with Crippen molar-refractivity contribution in [2.75, 3.05) is 5.88 Å². The van der Waals surface area contributed by atoms with E-state index in [0.717, 1.165) is 0 Å². The van der Waals surface area contributed by atoms with Gasteiger partial charge in [0.2, 0.25) is 0 Å². The normalized spacial score (nSPS) is 12.1. The van der Waals surface area contributed by atoms with E-state index in [1.165, 1.54) is 18.2 Å². The third kappa shape index (κ3) is 3.41. The zero-order chi connectivity index (χ0) is 13.7. The number of nitro groups is 1. The summed E-state index contributed by atoms with van der Waals surface area (Å²) in [6.07, 6.45) is -0.761. The molecule has 18 heavy (non-hydrogen) atoms. The van der Waals surface area contributed by atoms with Gasteiger partial charge in [0.15, 0.2) is 6.10 Å². The van der Waals surface area contributed by atoms with Gasteiger partial charge >= 0.3 is 5.97 Å². The summed E-state index contributed by atoms with van der Waals surface area (Å²) < 4.78 is 0. The van der Waals surface area contributed by atoms with Gasteiger partial charge in [-0.15, -0.1) is 11.6 Å². The SMILES string of the molecule is O=C(O)C(O)c1ccc([N+](=O)[O-])cc1CCCCl. The van der Waals surface area contributed by atoms with Crippen molar-refractivity contribution >= 4 is 23.3 Å². The number of nitro benzene ring substituents is 1. The molecule has 0 aliphatic carbocycles. The second kappa shape index (κ2) is 6.32. The molecule has 0 aliphatic rings. The van der Waals surface area contributed by atoms with E-state index < -0.39 is 17.0 Å². The van der Waals surface area contributed by atoms with Crippen molar-refractivity contribution in [1.82, 2.24) is 0 Å². The fourth-order valence-corrected chi connectivity index (χ4v) is 1.71. The number of rotatable bonds is 6. The van der Waals surface area contributed by atoms with Crippen LogP contribution in [-0.4, -0.2) is 27.0 Å². The molecule has 0 saturated carbocycles. The van der Waals surface area contributed by atoms with Crippen LogP contribution in [0.1, 0.15) is 23.7 Å². The van der Waals surface area contributed by atoms with Crippen LogP contribution >= 0.6 is 11.6 Å². The summed E-state index contributed by atoms with van der Waals surface area (Å²) >= 11 is 5.54. The molecule has 1 aromatic carbocycles. The van der Waals surface area contributed by atoms with Gasteiger partial charge in [0.25, 0.3) is 5.69 Å². The van der Waals surface area contributed by atoms with E-state index in [9.17, 15) is 20.0 Å². The number of nitrogens with zero attached hydrogens (tertiary/aromatic N) is 1. The molecule has 7 heteroatoms. The second-order valence-corrected chi connectivity index (χ2v) is 4.05. The van der Waals surface area contributed by atoms with Gasteiger partial charge in [0.1, 0.15) is 0 Å². The van der Waals surface area contributed by atoms with Crippen molar-refractivity contribution in [3.05, 3.63) is 39.4 Å². The molecule has 0 saturated heterocycles. The van der Waals surface area contributed by atoms with E-state index in [-0.39, 0.29) is 11.3 Å². The minimum Gasteiger partial charge on any atom is -0.479 e. The molecule has 0 heterocycles. The molecule has 1 unspecified atom stereocenters. The first-order valence-corrected chi connectivity index (χ1v) is 5.75. The molecule has 1 rings (SSSR count). The van der Waals surface area contributed by atoms with Crippen molar-refractivity contribution in [1.29, 1.82) is 0 Å². The first-order chi connectivity index (χ1) is 8.47. The third-order valence-corrected chi connectivity index (χ3v) is 2.71. The number of aliphatic hydroxyl groups excluding tert-OH is 1. The Morgan fingerprint density at radius 3 is 2.67 bits per heavy atom. The average Bonchev–Trinajstić information content (AvgIpc) is 2.34. The maximum atomic E-state index is 10.7. The molecule has 98 valence electrons. The number of carboxylic acids is 1. The van der Waals surface area contributed by atoms with E-state index in [1.54, 1.807) is 0 Å². The topological polar surface area (TPSA) is 101 Å². The Morgan fingerprint density at radius 2 is 2.17 bits per heavy atom. The molecule has 0 fully saturated rings. The van der Waals surface area contributed by atoms with Gasteiger partial charge in [-0.05, 0) is 30.0 Å². The molecule has 0 amide bonds. The quantitative estimate of drug-likeness (QED) is 0.468. The summed E-state index contributed by atoms with van der Waals surface area (Å²) in [6, 6.07) is 3.71. The number of carbonyl (C=O) groups is 1. The molecule has 0 bridgehead atoms. The standard InChI is InChI=1S/C11H12ClNO5/c12-5-1-2-7-6-8(13(17)18)3-4-9(7)10(14)11(15)16/h3-4,6,10,14H,1-2,5H2,(H,15,16). The number of halogens is 1. The molecule has 6 nitrogen and oxygen atoms in total. The number of alkyl halides is 1. The van der Waals surface area contributed by atoms with Gasteiger partial charge in [0.05, 0.1) is 4.92 Å². The number of non-ortho nitro benzene ring substituents is 1. The van der Waals surface area contributed by atoms with Crippen LogP contribution in [0.4, 0.5) is 5.69 Å². The van der Waals surface area contributed by atoms with Crippen LogP contribution < -0.4 is 0 Å². The van der Waals surface area contributed by atoms with Gasteiger partial charge in [-0.25, -0.2) is 4.79 Å². The zero-order valence-electron chi connectivity index (χ0n) is 9.38. The van der Waals surface area contributed by atoms with E-state index in [0.29, 0.717) is 24.3 Å². The Labute approximate surface area is 108 Å². The van der Waals surface area contributed by atoms with Crippen LogP contribution in [-0.2, 0) is 11.2 Å². The summed E-state index contributed by atoms with van der Waals surface area (Å²) in [5.74, 6) is -1.04. The van der Waals surface area contributed by atoms with Gasteiger partial charge < -0.3 is 10.2 Å². The number of hydrogen-bond donors (Lipinski definition) is 2. The largest absolute Gasteiger partial charge is 0.479 e. The lowest BCUT2D eigenvalue weighted by molar-refractivity contribution is -0.384. The van der Waals surface area contributed by atoms with Crippen molar-refractivity contribution < 1.29 is 19.9 Å². The summed E-state index contributed by atoms with van der Waals surface area (Å²) in [6.45, 7) is 0. The van der Waals surface area contributed by atoms with Crippen molar-refractivity contribution in [2.45, 2.75) is 18.9 Å². The Balaban J connectivity index is 3.15. The molecule has 0 aromatic heterocycles. The highest BCUT2D eigenvalue weighted by molar-refractivity contribution is 6.17. The van der Waals surface area contributed by atoms with E-state index in [2.05, 4.69) is 0 Å². The predicted molar refractivity (Wildman–Crippen MR) is 64.7 cm³/mol. The van der Waals surface area contributed by atoms with E-state index in [4.69, 9.17) is 16.7 Å². The summed E-state index contributed by atoms with van der Waals surface area (Å²) in [5, 5.41) is 28.9. The monoisotopic (exact) mass is 273 g/mol. The van der Waals surface area contributed by atoms with Crippen LogP contribution in [0.3, 0.4) is 0 Å². The third-order valence-electron chi connectivity index (χ3n) is 2.45. The van der Waals surface area contributed by atoms with Crippen LogP contribution in [0.25, 0.3) is 0 Å². The highest BCUT2D eigenvalue weighted by atomic mass is 35.5. The number of benzene rings is 1. The van der Waals surface area contributed by atoms with Crippen molar-refractivity contribution in [3.8, 4) is 0 Å². The van der Waals surface area contributed by atoms with Crippen molar-refractivity contribution in [3.63, 3.8) is 0 Å². The fraction of sp³-hybridized carbons (Fsp3) is 0.364. The Bertz CT molecular complexity index is 463. The first kappa shape index (κ1) is 14.4. The Kier molecular flexibility index (Phi) is 5.06. The lowest BCUT2D eigenvalue weighted by Gasteiger charge is -2.11. The maximum absolute atomic E-state index is 10.7. The van der Waals surface area contributed by atoms with Crippen molar-refractivity contribution in [2.24, 2.45) is 0 Å².